The number of nitrogens with zero attached hydrogens (tertiary/aromatic N) is 2. The Morgan fingerprint density at radius 3 is 1.98 bits per heavy atom. The van der Waals surface area contributed by atoms with Gasteiger partial charge in [-0.25, -0.2) is 0 Å². The minimum atomic E-state index is -0.469. The summed E-state index contributed by atoms with van der Waals surface area (Å²) in [5.74, 6) is 0. The predicted molar refractivity (Wildman–Crippen MR) is 247 cm³/mol. The molecule has 13 rings (SSSR count). The Morgan fingerprint density at radius 1 is 0.552 bits per heavy atom. The van der Waals surface area contributed by atoms with E-state index in [0.717, 1.165) is 0 Å². The summed E-state index contributed by atoms with van der Waals surface area (Å²) in [6.45, 7) is 9.15. The van der Waals surface area contributed by atoms with Crippen molar-refractivity contribution < 1.29 is 0 Å². The van der Waals surface area contributed by atoms with Crippen LogP contribution in [-0.2, 0) is 10.8 Å². The maximum absolute atomic E-state index is 2.69. The zero-order valence-electron chi connectivity index (χ0n) is 33.0. The monoisotopic (exact) mass is 758 g/mol. The van der Waals surface area contributed by atoms with Gasteiger partial charge in [-0.05, 0) is 116 Å². The SMILES string of the molecule is Cc1cc2c3c(c1)N1c4ccccc4C4(c5ccccc5-c5ccccc54)c4cccc(c41)B3N(c1ccc(C(C)(C)C)cc1)c1ccc3sc4ccccc4c3c1-2. The first-order valence-electron chi connectivity index (χ1n) is 20.6. The molecule has 0 fully saturated rings. The van der Waals surface area contributed by atoms with Gasteiger partial charge in [0.2, 0.25) is 0 Å². The van der Waals surface area contributed by atoms with E-state index in [1.807, 2.05) is 11.3 Å². The zero-order chi connectivity index (χ0) is 38.7. The first-order chi connectivity index (χ1) is 28.3. The summed E-state index contributed by atoms with van der Waals surface area (Å²) in [7, 11) is 0. The Labute approximate surface area is 343 Å². The van der Waals surface area contributed by atoms with Crippen LogP contribution in [0.15, 0.2) is 164 Å². The zero-order valence-corrected chi connectivity index (χ0v) is 33.8. The molecule has 0 radical (unpaired) electrons. The van der Waals surface area contributed by atoms with E-state index < -0.39 is 5.41 Å². The highest BCUT2D eigenvalue weighted by Crippen LogP contribution is 2.64. The molecular formula is C54H39BN2S. The topological polar surface area (TPSA) is 6.48 Å². The summed E-state index contributed by atoms with van der Waals surface area (Å²) < 4.78 is 2.66. The van der Waals surface area contributed by atoms with Crippen molar-refractivity contribution in [3.05, 3.63) is 197 Å². The molecule has 3 aliphatic heterocycles. The number of thiophene rings is 1. The van der Waals surface area contributed by atoms with Crippen LogP contribution in [0.2, 0.25) is 0 Å². The molecule has 1 aliphatic carbocycles. The van der Waals surface area contributed by atoms with Crippen molar-refractivity contribution in [3.8, 4) is 22.3 Å². The van der Waals surface area contributed by atoms with E-state index >= 15 is 0 Å². The lowest BCUT2D eigenvalue weighted by Gasteiger charge is -2.51. The number of anilines is 5. The Bertz CT molecular complexity index is 3210. The third-order valence-electron chi connectivity index (χ3n) is 13.6. The van der Waals surface area contributed by atoms with Gasteiger partial charge in [0.15, 0.2) is 0 Å². The van der Waals surface area contributed by atoms with Gasteiger partial charge in [-0.1, -0.05) is 142 Å². The third-order valence-corrected chi connectivity index (χ3v) is 14.8. The average Bonchev–Trinajstić information content (AvgIpc) is 3.77. The van der Waals surface area contributed by atoms with E-state index in [-0.39, 0.29) is 12.3 Å². The van der Waals surface area contributed by atoms with E-state index in [1.54, 1.807) is 0 Å². The van der Waals surface area contributed by atoms with Crippen LogP contribution in [0.3, 0.4) is 0 Å². The second kappa shape index (κ2) is 11.2. The first kappa shape index (κ1) is 32.7. The van der Waals surface area contributed by atoms with Gasteiger partial charge in [0, 0.05) is 48.5 Å². The van der Waals surface area contributed by atoms with Crippen molar-refractivity contribution in [1.82, 2.24) is 0 Å². The molecule has 0 N–H and O–H groups in total. The molecule has 4 aliphatic rings. The van der Waals surface area contributed by atoms with Crippen molar-refractivity contribution >= 4 is 77.7 Å². The summed E-state index contributed by atoms with van der Waals surface area (Å²) in [6.07, 6.45) is 0. The molecule has 8 aromatic carbocycles. The normalized spacial score (nSPS) is 14.9. The first-order valence-corrected chi connectivity index (χ1v) is 21.4. The summed E-state index contributed by atoms with van der Waals surface area (Å²) in [5.41, 5.74) is 22.0. The van der Waals surface area contributed by atoms with Crippen LogP contribution in [0.25, 0.3) is 42.4 Å². The quantitative estimate of drug-likeness (QED) is 0.154. The second-order valence-corrected chi connectivity index (χ2v) is 18.8. The van der Waals surface area contributed by atoms with Crippen LogP contribution in [-0.4, -0.2) is 6.85 Å². The molecule has 274 valence electrons. The number of rotatable bonds is 1. The summed E-state index contributed by atoms with van der Waals surface area (Å²) in [5, 5.41) is 2.69. The van der Waals surface area contributed by atoms with Crippen LogP contribution in [0.1, 0.15) is 54.2 Å². The molecule has 58 heavy (non-hydrogen) atoms. The summed E-state index contributed by atoms with van der Waals surface area (Å²) in [4.78, 5) is 5.33. The number of hydrogen-bond acceptors (Lipinski definition) is 3. The van der Waals surface area contributed by atoms with Crippen LogP contribution in [0.5, 0.6) is 0 Å². The van der Waals surface area contributed by atoms with Gasteiger partial charge >= 0.3 is 6.85 Å². The minimum Gasteiger partial charge on any atom is -0.376 e. The van der Waals surface area contributed by atoms with E-state index in [1.165, 1.54) is 115 Å². The molecule has 0 atom stereocenters. The molecule has 1 aromatic heterocycles. The van der Waals surface area contributed by atoms with Crippen molar-refractivity contribution in [2.75, 3.05) is 9.71 Å². The Hall–Kier alpha value is -6.36. The van der Waals surface area contributed by atoms with Gasteiger partial charge in [0.05, 0.1) is 11.1 Å². The molecule has 9 aromatic rings. The van der Waals surface area contributed by atoms with Crippen LogP contribution >= 0.6 is 11.3 Å². The van der Waals surface area contributed by atoms with Crippen molar-refractivity contribution in [2.24, 2.45) is 0 Å². The Balaban J connectivity index is 1.19. The van der Waals surface area contributed by atoms with Crippen LogP contribution in [0, 0.1) is 6.92 Å². The molecule has 2 nitrogen and oxygen atoms in total. The van der Waals surface area contributed by atoms with Crippen LogP contribution < -0.4 is 20.6 Å². The lowest BCUT2D eigenvalue weighted by molar-refractivity contribution is 0.590. The summed E-state index contributed by atoms with van der Waals surface area (Å²) in [6, 6.07) is 62.9. The van der Waals surface area contributed by atoms with Gasteiger partial charge in [-0.15, -0.1) is 11.3 Å². The minimum absolute atomic E-state index is 0.0524. The average molecular weight is 759 g/mol. The maximum atomic E-state index is 2.69. The maximum Gasteiger partial charge on any atom is 0.333 e. The highest BCUT2D eigenvalue weighted by atomic mass is 32.1. The molecule has 1 spiro atoms. The Morgan fingerprint density at radius 2 is 1.22 bits per heavy atom. The molecular weight excluding hydrogens is 719 g/mol. The van der Waals surface area contributed by atoms with Crippen molar-refractivity contribution in [3.63, 3.8) is 0 Å². The predicted octanol–water partition coefficient (Wildman–Crippen LogP) is 13.0. The van der Waals surface area contributed by atoms with E-state index in [4.69, 9.17) is 0 Å². The number of fused-ring (bicyclic) bond motifs is 17. The lowest BCUT2D eigenvalue weighted by Crippen LogP contribution is -2.62. The lowest BCUT2D eigenvalue weighted by atomic mass is 9.42. The Kier molecular flexibility index (Phi) is 6.31. The molecule has 0 saturated carbocycles. The van der Waals surface area contributed by atoms with Crippen molar-refractivity contribution in [2.45, 2.75) is 38.5 Å². The molecule has 0 unspecified atom stereocenters. The summed E-state index contributed by atoms with van der Waals surface area (Å²) >= 11 is 1.91. The second-order valence-electron chi connectivity index (χ2n) is 17.7. The fourth-order valence-corrected chi connectivity index (χ4v) is 12.5. The number of aryl methyl sites for hydroxylation is 1. The fourth-order valence-electron chi connectivity index (χ4n) is 11.4. The molecule has 4 heterocycles. The van der Waals surface area contributed by atoms with Gasteiger partial charge < -0.3 is 9.71 Å². The van der Waals surface area contributed by atoms with E-state index in [9.17, 15) is 0 Å². The smallest absolute Gasteiger partial charge is 0.333 e. The standard InChI is InChI=1S/C54H39BN2S/c1-32-30-38-49-45(28-29-48-50(49)37-16-7-12-23-47(37)58-48)57(34-26-24-33(25-27-34)53(2,3)4)55-43-21-13-20-42-52(43)56(46(31-32)51(38)55)44-22-11-10-19-41(44)54(42)39-17-8-5-14-35(39)36-15-6-9-18-40(36)54/h5-31H,1-4H3. The highest BCUT2D eigenvalue weighted by Gasteiger charge is 2.55. The van der Waals surface area contributed by atoms with E-state index in [2.05, 4.69) is 201 Å². The largest absolute Gasteiger partial charge is 0.376 e. The van der Waals surface area contributed by atoms with Crippen LogP contribution in [0.4, 0.5) is 28.4 Å². The van der Waals surface area contributed by atoms with Gasteiger partial charge in [0.25, 0.3) is 0 Å². The molecule has 4 heteroatoms. The molecule has 0 bridgehead atoms. The van der Waals surface area contributed by atoms with Gasteiger partial charge in [0.1, 0.15) is 0 Å². The third kappa shape index (κ3) is 3.94. The molecule has 0 amide bonds. The highest BCUT2D eigenvalue weighted by molar-refractivity contribution is 7.26. The number of benzene rings is 8. The van der Waals surface area contributed by atoms with Crippen molar-refractivity contribution in [1.29, 1.82) is 0 Å². The van der Waals surface area contributed by atoms with Gasteiger partial charge in [-0.2, -0.15) is 0 Å². The van der Waals surface area contributed by atoms with Gasteiger partial charge in [-0.3, -0.25) is 0 Å². The number of para-hydroxylation sites is 2. The van der Waals surface area contributed by atoms with E-state index in [0.29, 0.717) is 0 Å². The molecule has 0 saturated heterocycles. The fraction of sp³-hybridized carbons (Fsp3) is 0.111. The number of hydrogen-bond donors (Lipinski definition) is 0.